The van der Waals surface area contributed by atoms with E-state index in [1.165, 1.54) is 18.2 Å². The third kappa shape index (κ3) is 3.26. The number of rotatable bonds is 2. The molecule has 1 aliphatic rings. The Morgan fingerprint density at radius 1 is 1.26 bits per heavy atom. The molecule has 96 valence electrons. The first-order valence-corrected chi connectivity index (χ1v) is 6.32. The van der Waals surface area contributed by atoms with Gasteiger partial charge in [0.15, 0.2) is 5.78 Å². The van der Waals surface area contributed by atoms with E-state index in [0.29, 0.717) is 21.3 Å². The lowest BCUT2D eigenvalue weighted by molar-refractivity contribution is -0.110. The molecule has 0 fully saturated rings. The molecule has 0 heterocycles. The van der Waals surface area contributed by atoms with Crippen LogP contribution in [0.2, 0.25) is 0 Å². The third-order valence-corrected chi connectivity index (χ3v) is 3.18. The first kappa shape index (κ1) is 13.4. The Morgan fingerprint density at radius 3 is 2.68 bits per heavy atom. The molecular formula is C14H10BrNO3. The lowest BCUT2D eigenvalue weighted by Gasteiger charge is -2.05. The predicted molar refractivity (Wildman–Crippen MR) is 74.9 cm³/mol. The summed E-state index contributed by atoms with van der Waals surface area (Å²) < 4.78 is 0.641. The number of benzene rings is 1. The highest BCUT2D eigenvalue weighted by molar-refractivity contribution is 9.10. The van der Waals surface area contributed by atoms with Crippen LogP contribution in [0.5, 0.6) is 0 Å². The SMILES string of the molecule is CC1=CC(=O)C=C/C1=N\OC(=O)c1ccccc1Br. The van der Waals surface area contributed by atoms with Gasteiger partial charge in [-0.25, -0.2) is 4.79 Å². The fraction of sp³-hybridized carbons (Fsp3) is 0.0714. The number of ketones is 1. The molecule has 19 heavy (non-hydrogen) atoms. The molecule has 1 aromatic carbocycles. The Labute approximate surface area is 118 Å². The fourth-order valence-corrected chi connectivity index (χ4v) is 1.94. The van der Waals surface area contributed by atoms with Gasteiger partial charge >= 0.3 is 5.97 Å². The molecule has 0 spiro atoms. The number of allylic oxidation sites excluding steroid dienone is 4. The second-order valence-corrected chi connectivity index (χ2v) is 4.75. The van der Waals surface area contributed by atoms with Crippen molar-refractivity contribution in [2.75, 3.05) is 0 Å². The summed E-state index contributed by atoms with van der Waals surface area (Å²) in [5.74, 6) is -0.661. The maximum absolute atomic E-state index is 11.8. The largest absolute Gasteiger partial charge is 0.366 e. The Morgan fingerprint density at radius 2 is 2.00 bits per heavy atom. The zero-order chi connectivity index (χ0) is 13.8. The molecule has 0 bridgehead atoms. The van der Waals surface area contributed by atoms with Gasteiger partial charge in [-0.15, -0.1) is 0 Å². The monoisotopic (exact) mass is 319 g/mol. The molecule has 0 amide bonds. The topological polar surface area (TPSA) is 55.7 Å². The summed E-state index contributed by atoms with van der Waals surface area (Å²) >= 11 is 3.26. The van der Waals surface area contributed by atoms with Crippen LogP contribution in [-0.2, 0) is 9.63 Å². The minimum absolute atomic E-state index is 0.103. The van der Waals surface area contributed by atoms with Crippen molar-refractivity contribution in [3.8, 4) is 0 Å². The van der Waals surface area contributed by atoms with Gasteiger partial charge in [0.05, 0.1) is 5.56 Å². The smallest absolute Gasteiger partial charge is 0.312 e. The number of carbonyl (C=O) groups excluding carboxylic acids is 2. The van der Waals surface area contributed by atoms with E-state index in [-0.39, 0.29) is 5.78 Å². The van der Waals surface area contributed by atoms with Crippen molar-refractivity contribution < 1.29 is 14.4 Å². The van der Waals surface area contributed by atoms with Crippen molar-refractivity contribution in [3.63, 3.8) is 0 Å². The Kier molecular flexibility index (Phi) is 4.06. The summed E-state index contributed by atoms with van der Waals surface area (Å²) in [7, 11) is 0. The summed E-state index contributed by atoms with van der Waals surface area (Å²) in [6.07, 6.45) is 4.33. The van der Waals surface area contributed by atoms with Gasteiger partial charge in [0.25, 0.3) is 0 Å². The molecule has 2 rings (SSSR count). The van der Waals surface area contributed by atoms with Gasteiger partial charge in [-0.3, -0.25) is 4.79 Å². The van der Waals surface area contributed by atoms with E-state index in [9.17, 15) is 9.59 Å². The van der Waals surface area contributed by atoms with Crippen LogP contribution in [-0.4, -0.2) is 17.5 Å². The molecule has 0 saturated heterocycles. The summed E-state index contributed by atoms with van der Waals surface area (Å²) in [6.45, 7) is 1.73. The number of nitrogens with zero attached hydrogens (tertiary/aromatic N) is 1. The van der Waals surface area contributed by atoms with Crippen LogP contribution in [0.15, 0.2) is 57.7 Å². The molecule has 4 nitrogen and oxygen atoms in total. The van der Waals surface area contributed by atoms with Crippen LogP contribution >= 0.6 is 15.9 Å². The predicted octanol–water partition coefficient (Wildman–Crippen LogP) is 3.05. The summed E-state index contributed by atoms with van der Waals surface area (Å²) in [5, 5.41) is 3.76. The number of oxime groups is 1. The molecule has 0 radical (unpaired) electrons. The molecule has 0 N–H and O–H groups in total. The highest BCUT2D eigenvalue weighted by Gasteiger charge is 2.12. The standard InChI is InChI=1S/C14H10BrNO3/c1-9-8-10(17)6-7-13(9)16-19-14(18)11-4-2-3-5-12(11)15/h2-8H,1H3/b16-13+. The van der Waals surface area contributed by atoms with Crippen molar-refractivity contribution >= 4 is 33.4 Å². The second-order valence-electron chi connectivity index (χ2n) is 3.90. The van der Waals surface area contributed by atoms with Crippen LogP contribution in [0.3, 0.4) is 0 Å². The van der Waals surface area contributed by atoms with Gasteiger partial charge < -0.3 is 4.84 Å². The van der Waals surface area contributed by atoms with E-state index in [4.69, 9.17) is 4.84 Å². The Bertz CT molecular complexity index is 629. The zero-order valence-electron chi connectivity index (χ0n) is 10.1. The van der Waals surface area contributed by atoms with E-state index >= 15 is 0 Å². The van der Waals surface area contributed by atoms with Crippen molar-refractivity contribution in [2.45, 2.75) is 6.92 Å². The quantitative estimate of drug-likeness (QED) is 0.478. The second kappa shape index (κ2) is 5.75. The van der Waals surface area contributed by atoms with Crippen molar-refractivity contribution in [1.29, 1.82) is 0 Å². The van der Waals surface area contributed by atoms with Crippen LogP contribution in [0.25, 0.3) is 0 Å². The molecule has 1 aliphatic carbocycles. The van der Waals surface area contributed by atoms with Gasteiger partial charge in [0.1, 0.15) is 5.71 Å². The summed E-state index contributed by atoms with van der Waals surface area (Å²) in [4.78, 5) is 27.8. The Hall–Kier alpha value is -2.01. The summed E-state index contributed by atoms with van der Waals surface area (Å²) in [5.41, 5.74) is 1.51. The molecule has 0 aromatic heterocycles. The van der Waals surface area contributed by atoms with Crippen LogP contribution in [0, 0.1) is 0 Å². The average Bonchev–Trinajstić information content (AvgIpc) is 2.38. The minimum Gasteiger partial charge on any atom is -0.312 e. The highest BCUT2D eigenvalue weighted by atomic mass is 79.9. The Balaban J connectivity index is 2.13. The van der Waals surface area contributed by atoms with Crippen molar-refractivity contribution in [3.05, 3.63) is 58.1 Å². The highest BCUT2D eigenvalue weighted by Crippen LogP contribution is 2.17. The van der Waals surface area contributed by atoms with Gasteiger partial charge in [0.2, 0.25) is 0 Å². The van der Waals surface area contributed by atoms with Gasteiger partial charge in [-0.2, -0.15) is 0 Å². The maximum atomic E-state index is 11.8. The van der Waals surface area contributed by atoms with Gasteiger partial charge in [-0.1, -0.05) is 17.3 Å². The first-order valence-electron chi connectivity index (χ1n) is 5.52. The average molecular weight is 320 g/mol. The van der Waals surface area contributed by atoms with Gasteiger partial charge in [0, 0.05) is 4.47 Å². The van der Waals surface area contributed by atoms with Crippen molar-refractivity contribution in [2.24, 2.45) is 5.16 Å². The van der Waals surface area contributed by atoms with Crippen LogP contribution in [0.4, 0.5) is 0 Å². The molecule has 1 aromatic rings. The molecular weight excluding hydrogens is 310 g/mol. The van der Waals surface area contributed by atoms with E-state index in [0.717, 1.165) is 0 Å². The van der Waals surface area contributed by atoms with E-state index in [1.54, 1.807) is 31.2 Å². The molecule has 5 heteroatoms. The van der Waals surface area contributed by atoms with Crippen LogP contribution in [0.1, 0.15) is 17.3 Å². The van der Waals surface area contributed by atoms with E-state index in [2.05, 4.69) is 21.1 Å². The van der Waals surface area contributed by atoms with Gasteiger partial charge in [-0.05, 0) is 58.8 Å². The van der Waals surface area contributed by atoms with E-state index in [1.807, 2.05) is 0 Å². The third-order valence-electron chi connectivity index (χ3n) is 2.49. The first-order chi connectivity index (χ1) is 9.08. The number of hydrogen-bond acceptors (Lipinski definition) is 4. The van der Waals surface area contributed by atoms with Crippen LogP contribution < -0.4 is 0 Å². The van der Waals surface area contributed by atoms with Crippen molar-refractivity contribution in [1.82, 2.24) is 0 Å². The normalized spacial score (nSPS) is 16.4. The number of halogens is 1. The lowest BCUT2D eigenvalue weighted by atomic mass is 10.1. The fourth-order valence-electron chi connectivity index (χ4n) is 1.50. The lowest BCUT2D eigenvalue weighted by Crippen LogP contribution is -2.08. The molecule has 0 atom stereocenters. The number of hydrogen-bond donors (Lipinski definition) is 0. The minimum atomic E-state index is -0.557. The van der Waals surface area contributed by atoms with E-state index < -0.39 is 5.97 Å². The molecule has 0 unspecified atom stereocenters. The number of carbonyl (C=O) groups is 2. The zero-order valence-corrected chi connectivity index (χ0v) is 11.7. The maximum Gasteiger partial charge on any atom is 0.366 e. The summed E-state index contributed by atoms with van der Waals surface area (Å²) in [6, 6.07) is 6.91. The molecule has 0 saturated carbocycles. The molecule has 0 aliphatic heterocycles.